The molecule has 0 bridgehead atoms. The summed E-state index contributed by atoms with van der Waals surface area (Å²) in [5.74, 6) is -0.247. The van der Waals surface area contributed by atoms with Crippen LogP contribution < -0.4 is 0 Å². The molecule has 0 aromatic heterocycles. The monoisotopic (exact) mass is 292 g/mol. The predicted octanol–water partition coefficient (Wildman–Crippen LogP) is 3.41. The number of rotatable bonds is 2. The van der Waals surface area contributed by atoms with Crippen LogP contribution in [0.5, 0.6) is 0 Å². The minimum Gasteiger partial charge on any atom is -0.444 e. The number of benzene rings is 1. The zero-order valence-electron chi connectivity index (χ0n) is 12.7. The normalized spacial score (nSPS) is 17.3. The van der Waals surface area contributed by atoms with E-state index in [4.69, 9.17) is 4.74 Å². The van der Waals surface area contributed by atoms with Crippen LogP contribution in [0, 0.1) is 5.82 Å². The lowest BCUT2D eigenvalue weighted by atomic mass is 10.2. The van der Waals surface area contributed by atoms with E-state index < -0.39 is 5.60 Å². The smallest absolute Gasteiger partial charge is 0.410 e. The third-order valence-corrected chi connectivity index (χ3v) is 3.09. The Hall–Kier alpha value is -1.91. The van der Waals surface area contributed by atoms with E-state index in [1.165, 1.54) is 12.1 Å². The third kappa shape index (κ3) is 4.85. The van der Waals surface area contributed by atoms with Crippen molar-refractivity contribution in [2.75, 3.05) is 13.1 Å². The van der Waals surface area contributed by atoms with Crippen molar-refractivity contribution >= 4 is 11.8 Å². The zero-order valence-corrected chi connectivity index (χ0v) is 12.7. The fourth-order valence-electron chi connectivity index (χ4n) is 2.05. The van der Waals surface area contributed by atoms with E-state index >= 15 is 0 Å². The highest BCUT2D eigenvalue weighted by molar-refractivity contribution is 5.91. The Balaban J connectivity index is 1.88. The van der Waals surface area contributed by atoms with Crippen molar-refractivity contribution in [3.63, 3.8) is 0 Å². The maximum absolute atomic E-state index is 12.8. The van der Waals surface area contributed by atoms with Gasteiger partial charge in [-0.15, -0.1) is 0 Å². The van der Waals surface area contributed by atoms with Gasteiger partial charge in [0.25, 0.3) is 0 Å². The summed E-state index contributed by atoms with van der Waals surface area (Å²) in [6, 6.07) is 6.30. The fourth-order valence-corrected chi connectivity index (χ4v) is 2.05. The van der Waals surface area contributed by atoms with E-state index in [9.17, 15) is 9.18 Å². The lowest BCUT2D eigenvalue weighted by Crippen LogP contribution is -2.35. The Morgan fingerprint density at radius 2 is 2.00 bits per heavy atom. The number of carbonyl (C=O) groups is 1. The molecule has 1 aromatic rings. The molecule has 0 radical (unpaired) electrons. The van der Waals surface area contributed by atoms with E-state index in [1.54, 1.807) is 17.0 Å². The van der Waals surface area contributed by atoms with E-state index in [0.29, 0.717) is 19.6 Å². The molecule has 1 heterocycles. The summed E-state index contributed by atoms with van der Waals surface area (Å²) in [7, 11) is 0. The molecule has 4 nitrogen and oxygen atoms in total. The second-order valence-corrected chi connectivity index (χ2v) is 6.16. The highest BCUT2D eigenvalue weighted by Crippen LogP contribution is 2.14. The number of aliphatic imine (C=N–C) groups is 1. The topological polar surface area (TPSA) is 41.9 Å². The molecule has 0 unspecified atom stereocenters. The number of hydrogen-bond acceptors (Lipinski definition) is 3. The van der Waals surface area contributed by atoms with Crippen molar-refractivity contribution in [2.45, 2.75) is 39.3 Å². The number of amides is 1. The fraction of sp³-hybridized carbons (Fsp3) is 0.500. The number of nitrogens with zero attached hydrogens (tertiary/aromatic N) is 2. The number of carbonyl (C=O) groups excluding carboxylic acids is 1. The van der Waals surface area contributed by atoms with Gasteiger partial charge >= 0.3 is 6.09 Å². The number of likely N-dealkylation sites (tertiary alicyclic amines) is 1. The molecule has 0 N–H and O–H groups in total. The Kier molecular flexibility index (Phi) is 4.60. The molecule has 1 aromatic carbocycles. The Bertz CT molecular complexity index is 532. The van der Waals surface area contributed by atoms with Gasteiger partial charge in [0.1, 0.15) is 11.4 Å². The minimum absolute atomic E-state index is 0.247. The number of halogens is 1. The molecule has 1 amide bonds. The Morgan fingerprint density at radius 1 is 1.33 bits per heavy atom. The van der Waals surface area contributed by atoms with Crippen LogP contribution in [0.1, 0.15) is 32.8 Å². The highest BCUT2D eigenvalue weighted by atomic mass is 19.1. The summed E-state index contributed by atoms with van der Waals surface area (Å²) in [5.41, 5.74) is 1.45. The van der Waals surface area contributed by atoms with Gasteiger partial charge in [0, 0.05) is 18.7 Å². The molecule has 0 spiro atoms. The van der Waals surface area contributed by atoms with Gasteiger partial charge in [-0.3, -0.25) is 4.99 Å². The molecular formula is C16H21FN2O2. The maximum atomic E-state index is 12.8. The first-order valence-electron chi connectivity index (χ1n) is 7.08. The van der Waals surface area contributed by atoms with Crippen molar-refractivity contribution in [1.82, 2.24) is 4.90 Å². The van der Waals surface area contributed by atoms with Gasteiger partial charge in [0.05, 0.1) is 13.1 Å². The van der Waals surface area contributed by atoms with Crippen LogP contribution in [-0.2, 0) is 11.3 Å². The molecule has 1 aliphatic rings. The molecule has 114 valence electrons. The summed E-state index contributed by atoms with van der Waals surface area (Å²) < 4.78 is 18.1. The third-order valence-electron chi connectivity index (χ3n) is 3.09. The molecule has 5 heteroatoms. The van der Waals surface area contributed by atoms with Gasteiger partial charge < -0.3 is 9.64 Å². The van der Waals surface area contributed by atoms with Gasteiger partial charge in [-0.05, 0) is 38.5 Å². The van der Waals surface area contributed by atoms with E-state index in [2.05, 4.69) is 4.99 Å². The first kappa shape index (κ1) is 15.5. The van der Waals surface area contributed by atoms with E-state index in [0.717, 1.165) is 17.7 Å². The molecule has 1 fully saturated rings. The highest BCUT2D eigenvalue weighted by Gasteiger charge is 2.27. The zero-order chi connectivity index (χ0) is 15.5. The summed E-state index contributed by atoms with van der Waals surface area (Å²) in [5, 5.41) is 0. The van der Waals surface area contributed by atoms with Gasteiger partial charge in [-0.2, -0.15) is 0 Å². The molecular weight excluding hydrogens is 271 g/mol. The van der Waals surface area contributed by atoms with Crippen molar-refractivity contribution in [2.24, 2.45) is 4.99 Å². The lowest BCUT2D eigenvalue weighted by molar-refractivity contribution is 0.0302. The first-order valence-corrected chi connectivity index (χ1v) is 7.08. The maximum Gasteiger partial charge on any atom is 0.410 e. The Morgan fingerprint density at radius 3 is 2.62 bits per heavy atom. The quantitative estimate of drug-likeness (QED) is 0.838. The van der Waals surface area contributed by atoms with E-state index in [-0.39, 0.29) is 11.9 Å². The van der Waals surface area contributed by atoms with Gasteiger partial charge in [0.15, 0.2) is 0 Å². The van der Waals surface area contributed by atoms with Crippen LogP contribution in [-0.4, -0.2) is 35.4 Å². The number of ether oxygens (including phenoxy) is 1. The van der Waals surface area contributed by atoms with Crippen LogP contribution in [0.3, 0.4) is 0 Å². The summed E-state index contributed by atoms with van der Waals surface area (Å²) >= 11 is 0. The predicted molar refractivity (Wildman–Crippen MR) is 80.0 cm³/mol. The SMILES string of the molecule is CC(C)(C)OC(=O)N1CCC(=NCc2ccc(F)cc2)C1. The summed E-state index contributed by atoms with van der Waals surface area (Å²) in [4.78, 5) is 18.1. The van der Waals surface area contributed by atoms with Crippen LogP contribution in [0.15, 0.2) is 29.3 Å². The van der Waals surface area contributed by atoms with Crippen LogP contribution in [0.2, 0.25) is 0 Å². The standard InChI is InChI=1S/C16H21FN2O2/c1-16(2,3)21-15(20)19-9-8-14(11-19)18-10-12-4-6-13(17)7-5-12/h4-7H,8-11H2,1-3H3. The molecule has 0 atom stereocenters. The minimum atomic E-state index is -0.481. The van der Waals surface area contributed by atoms with E-state index in [1.807, 2.05) is 20.8 Å². The molecule has 21 heavy (non-hydrogen) atoms. The summed E-state index contributed by atoms with van der Waals surface area (Å²) in [6.45, 7) is 7.21. The largest absolute Gasteiger partial charge is 0.444 e. The van der Waals surface area contributed by atoms with Crippen molar-refractivity contribution < 1.29 is 13.9 Å². The lowest BCUT2D eigenvalue weighted by Gasteiger charge is -2.23. The van der Waals surface area contributed by atoms with Crippen molar-refractivity contribution in [1.29, 1.82) is 0 Å². The summed E-state index contributed by atoms with van der Waals surface area (Å²) in [6.07, 6.45) is 0.468. The molecule has 1 aliphatic heterocycles. The average Bonchev–Trinajstić information content (AvgIpc) is 2.85. The number of hydrogen-bond donors (Lipinski definition) is 0. The van der Waals surface area contributed by atoms with Gasteiger partial charge in [0.2, 0.25) is 0 Å². The van der Waals surface area contributed by atoms with Crippen LogP contribution >= 0.6 is 0 Å². The molecule has 0 aliphatic carbocycles. The van der Waals surface area contributed by atoms with Crippen LogP contribution in [0.4, 0.5) is 9.18 Å². The molecule has 1 saturated heterocycles. The molecule has 0 saturated carbocycles. The Labute approximate surface area is 124 Å². The first-order chi connectivity index (χ1) is 9.83. The molecule has 2 rings (SSSR count). The van der Waals surface area contributed by atoms with Crippen LogP contribution in [0.25, 0.3) is 0 Å². The van der Waals surface area contributed by atoms with Crippen molar-refractivity contribution in [3.8, 4) is 0 Å². The average molecular weight is 292 g/mol. The second-order valence-electron chi connectivity index (χ2n) is 6.16. The van der Waals surface area contributed by atoms with Gasteiger partial charge in [-0.1, -0.05) is 12.1 Å². The van der Waals surface area contributed by atoms with Crippen molar-refractivity contribution in [3.05, 3.63) is 35.6 Å². The van der Waals surface area contributed by atoms with Gasteiger partial charge in [-0.25, -0.2) is 9.18 Å². The second kappa shape index (κ2) is 6.24.